The topological polar surface area (TPSA) is 77.2 Å². The summed E-state index contributed by atoms with van der Waals surface area (Å²) in [4.78, 5) is 15.9. The number of aryl methyl sites for hydroxylation is 2. The van der Waals surface area contributed by atoms with Gasteiger partial charge in [0.2, 0.25) is 11.8 Å². The van der Waals surface area contributed by atoms with Crippen LogP contribution in [0.2, 0.25) is 0 Å². The predicted molar refractivity (Wildman–Crippen MR) is 79.5 cm³/mol. The first-order valence-corrected chi connectivity index (χ1v) is 7.51. The Bertz CT molecular complexity index is 629. The third-order valence-corrected chi connectivity index (χ3v) is 3.60. The summed E-state index contributed by atoms with van der Waals surface area (Å²) in [6, 6.07) is 7.98. The lowest BCUT2D eigenvalue weighted by Crippen LogP contribution is -2.34. The molecule has 116 valence electrons. The van der Waals surface area contributed by atoms with E-state index in [1.54, 1.807) is 6.92 Å². The number of hydrogen-bond acceptors (Lipinski definition) is 5. The number of rotatable bonds is 6. The van der Waals surface area contributed by atoms with Crippen molar-refractivity contribution in [1.82, 2.24) is 15.5 Å². The molecule has 1 amide bonds. The minimum Gasteiger partial charge on any atom is -0.488 e. The molecule has 6 heteroatoms. The van der Waals surface area contributed by atoms with Crippen molar-refractivity contribution < 1.29 is 14.1 Å². The Kier molecular flexibility index (Phi) is 4.37. The third kappa shape index (κ3) is 3.63. The van der Waals surface area contributed by atoms with Crippen molar-refractivity contribution in [3.8, 4) is 5.75 Å². The summed E-state index contributed by atoms with van der Waals surface area (Å²) >= 11 is 0. The van der Waals surface area contributed by atoms with Gasteiger partial charge >= 0.3 is 0 Å². The highest BCUT2D eigenvalue weighted by Gasteiger charge is 2.22. The van der Waals surface area contributed by atoms with Crippen molar-refractivity contribution >= 4 is 5.91 Å². The summed E-state index contributed by atoms with van der Waals surface area (Å²) in [5.74, 6) is 2.15. The van der Waals surface area contributed by atoms with Gasteiger partial charge in [0, 0.05) is 19.3 Å². The second-order valence-corrected chi connectivity index (χ2v) is 5.44. The van der Waals surface area contributed by atoms with E-state index >= 15 is 0 Å². The zero-order valence-corrected chi connectivity index (χ0v) is 12.5. The highest BCUT2D eigenvalue weighted by molar-refractivity contribution is 5.75. The Hall–Kier alpha value is -2.37. The molecule has 0 spiro atoms. The van der Waals surface area contributed by atoms with E-state index < -0.39 is 0 Å². The zero-order valence-electron chi connectivity index (χ0n) is 12.5. The van der Waals surface area contributed by atoms with Gasteiger partial charge in [0.05, 0.1) is 6.54 Å². The van der Waals surface area contributed by atoms with Gasteiger partial charge in [0.15, 0.2) is 5.82 Å². The fraction of sp³-hybridized carbons (Fsp3) is 0.438. The zero-order chi connectivity index (χ0) is 15.4. The molecule has 0 fully saturated rings. The minimum absolute atomic E-state index is 0.0239. The molecule has 1 N–H and O–H groups in total. The number of carbonyl (C=O) groups is 1. The van der Waals surface area contributed by atoms with Crippen LogP contribution in [0.4, 0.5) is 0 Å². The normalized spacial score (nSPS) is 16.1. The van der Waals surface area contributed by atoms with Crippen molar-refractivity contribution in [2.24, 2.45) is 0 Å². The lowest BCUT2D eigenvalue weighted by Gasteiger charge is -2.11. The van der Waals surface area contributed by atoms with Crippen LogP contribution < -0.4 is 10.1 Å². The Morgan fingerprint density at radius 1 is 1.41 bits per heavy atom. The molecule has 1 aromatic carbocycles. The van der Waals surface area contributed by atoms with Crippen LogP contribution >= 0.6 is 0 Å². The fourth-order valence-corrected chi connectivity index (χ4v) is 2.53. The van der Waals surface area contributed by atoms with Crippen LogP contribution in [0.15, 0.2) is 28.8 Å². The van der Waals surface area contributed by atoms with Gasteiger partial charge in [-0.05, 0) is 25.0 Å². The van der Waals surface area contributed by atoms with Crippen molar-refractivity contribution in [1.29, 1.82) is 0 Å². The largest absolute Gasteiger partial charge is 0.488 e. The van der Waals surface area contributed by atoms with Crippen LogP contribution in [0, 0.1) is 6.92 Å². The van der Waals surface area contributed by atoms with E-state index in [4.69, 9.17) is 9.26 Å². The van der Waals surface area contributed by atoms with Gasteiger partial charge in [-0.3, -0.25) is 4.79 Å². The number of amides is 1. The first-order valence-electron chi connectivity index (χ1n) is 7.51. The highest BCUT2D eigenvalue weighted by atomic mass is 16.5. The maximum absolute atomic E-state index is 11.8. The molecule has 0 saturated heterocycles. The first-order chi connectivity index (χ1) is 10.7. The molecule has 6 nitrogen and oxygen atoms in total. The van der Waals surface area contributed by atoms with Crippen molar-refractivity contribution in [2.75, 3.05) is 6.54 Å². The summed E-state index contributed by atoms with van der Waals surface area (Å²) in [7, 11) is 0. The van der Waals surface area contributed by atoms with Gasteiger partial charge in [0.25, 0.3) is 0 Å². The maximum Gasteiger partial charge on any atom is 0.226 e. The molecule has 0 aliphatic carbocycles. The van der Waals surface area contributed by atoms with Gasteiger partial charge in [-0.1, -0.05) is 23.4 Å². The number of aromatic nitrogens is 2. The molecule has 1 aromatic heterocycles. The second-order valence-electron chi connectivity index (χ2n) is 5.44. The molecule has 1 aliphatic heterocycles. The predicted octanol–water partition coefficient (Wildman–Crippen LogP) is 1.82. The molecule has 3 rings (SSSR count). The molecule has 1 aliphatic rings. The van der Waals surface area contributed by atoms with Gasteiger partial charge in [-0.25, -0.2) is 0 Å². The van der Waals surface area contributed by atoms with Gasteiger partial charge in [-0.2, -0.15) is 4.98 Å². The van der Waals surface area contributed by atoms with Crippen LogP contribution in [-0.2, 0) is 17.6 Å². The number of nitrogens with one attached hydrogen (secondary N) is 1. The maximum atomic E-state index is 11.8. The summed E-state index contributed by atoms with van der Waals surface area (Å²) in [6.07, 6.45) is 2.64. The Morgan fingerprint density at radius 2 is 2.27 bits per heavy atom. The monoisotopic (exact) mass is 301 g/mol. The van der Waals surface area contributed by atoms with Crippen molar-refractivity contribution in [3.63, 3.8) is 0 Å². The number of carbonyl (C=O) groups excluding carboxylic acids is 1. The van der Waals surface area contributed by atoms with Gasteiger partial charge in [-0.15, -0.1) is 0 Å². The van der Waals surface area contributed by atoms with E-state index in [1.165, 1.54) is 5.56 Å². The van der Waals surface area contributed by atoms with E-state index in [9.17, 15) is 4.79 Å². The Balaban J connectivity index is 1.35. The molecule has 2 heterocycles. The highest BCUT2D eigenvalue weighted by Crippen LogP contribution is 2.27. The van der Waals surface area contributed by atoms with Crippen LogP contribution in [-0.4, -0.2) is 28.7 Å². The van der Waals surface area contributed by atoms with Crippen LogP contribution in [0.5, 0.6) is 5.75 Å². The molecule has 0 bridgehead atoms. The Labute approximate surface area is 128 Å². The standard InChI is InChI=1S/C16H19N3O3/c1-11-18-16(22-19-11)8-4-7-15(20)17-10-13-9-12-5-2-3-6-14(12)21-13/h2-3,5-6,13H,4,7-10H2,1H3,(H,17,20). The molecule has 22 heavy (non-hydrogen) atoms. The first kappa shape index (κ1) is 14.6. The number of fused-ring (bicyclic) bond motifs is 1. The molecular weight excluding hydrogens is 282 g/mol. The number of hydrogen-bond donors (Lipinski definition) is 1. The molecular formula is C16H19N3O3. The molecule has 0 saturated carbocycles. The number of nitrogens with zero attached hydrogens (tertiary/aromatic N) is 2. The fourth-order valence-electron chi connectivity index (χ4n) is 2.53. The average Bonchev–Trinajstić information content (AvgIpc) is 3.11. The van der Waals surface area contributed by atoms with Crippen LogP contribution in [0.1, 0.15) is 30.1 Å². The van der Waals surface area contributed by atoms with Crippen LogP contribution in [0.25, 0.3) is 0 Å². The molecule has 1 unspecified atom stereocenters. The molecule has 2 aromatic rings. The minimum atomic E-state index is 0.0239. The lowest BCUT2D eigenvalue weighted by molar-refractivity contribution is -0.121. The lowest BCUT2D eigenvalue weighted by atomic mass is 10.1. The summed E-state index contributed by atoms with van der Waals surface area (Å²) in [5.41, 5.74) is 1.20. The smallest absolute Gasteiger partial charge is 0.226 e. The number of benzene rings is 1. The van der Waals surface area contributed by atoms with Gasteiger partial charge < -0.3 is 14.6 Å². The molecule has 1 atom stereocenters. The summed E-state index contributed by atoms with van der Waals surface area (Å²) in [6.45, 7) is 2.31. The summed E-state index contributed by atoms with van der Waals surface area (Å²) in [5, 5.41) is 6.64. The molecule has 0 radical (unpaired) electrons. The van der Waals surface area contributed by atoms with Crippen molar-refractivity contribution in [2.45, 2.75) is 38.7 Å². The third-order valence-electron chi connectivity index (χ3n) is 3.60. The average molecular weight is 301 g/mol. The van der Waals surface area contributed by atoms with Gasteiger partial charge in [0.1, 0.15) is 11.9 Å². The van der Waals surface area contributed by atoms with E-state index in [-0.39, 0.29) is 12.0 Å². The van der Waals surface area contributed by atoms with Crippen LogP contribution in [0.3, 0.4) is 0 Å². The number of para-hydroxylation sites is 1. The Morgan fingerprint density at radius 3 is 3.05 bits per heavy atom. The van der Waals surface area contributed by atoms with Crippen molar-refractivity contribution in [3.05, 3.63) is 41.5 Å². The second kappa shape index (κ2) is 6.60. The number of ether oxygens (including phenoxy) is 1. The quantitative estimate of drug-likeness (QED) is 0.880. The summed E-state index contributed by atoms with van der Waals surface area (Å²) < 4.78 is 10.8. The SMILES string of the molecule is Cc1noc(CCCC(=O)NCC2Cc3ccccc3O2)n1. The van der Waals surface area contributed by atoms with E-state index in [1.807, 2.05) is 18.2 Å². The van der Waals surface area contributed by atoms with E-state index in [2.05, 4.69) is 21.5 Å². The van der Waals surface area contributed by atoms with E-state index in [0.29, 0.717) is 37.5 Å². The van der Waals surface area contributed by atoms with E-state index in [0.717, 1.165) is 12.2 Å².